The summed E-state index contributed by atoms with van der Waals surface area (Å²) in [6, 6.07) is 8.41. The maximum Gasteiger partial charge on any atom is 0.132 e. The van der Waals surface area contributed by atoms with E-state index in [2.05, 4.69) is 10.2 Å². The number of benzene rings is 1. The summed E-state index contributed by atoms with van der Waals surface area (Å²) in [6.45, 7) is 3.62. The fourth-order valence-corrected chi connectivity index (χ4v) is 3.53. The lowest BCUT2D eigenvalue weighted by Gasteiger charge is -2.34. The second-order valence-corrected chi connectivity index (χ2v) is 5.89. The molecule has 3 nitrogen and oxygen atoms in total. The van der Waals surface area contributed by atoms with Crippen LogP contribution in [0.5, 0.6) is 5.75 Å². The Morgan fingerprint density at radius 2 is 2.05 bits per heavy atom. The Hall–Kier alpha value is -1.43. The van der Waals surface area contributed by atoms with E-state index < -0.39 is 0 Å². The van der Waals surface area contributed by atoms with E-state index in [-0.39, 0.29) is 17.6 Å². The van der Waals surface area contributed by atoms with E-state index in [0.29, 0.717) is 5.56 Å². The van der Waals surface area contributed by atoms with Crippen LogP contribution in [0.2, 0.25) is 0 Å². The van der Waals surface area contributed by atoms with Crippen LogP contribution in [0.15, 0.2) is 35.7 Å². The summed E-state index contributed by atoms with van der Waals surface area (Å²) < 4.78 is 14.2. The Balaban J connectivity index is 2.00. The van der Waals surface area contributed by atoms with Crippen molar-refractivity contribution in [2.24, 2.45) is 0 Å². The number of halogens is 1. The van der Waals surface area contributed by atoms with Crippen molar-refractivity contribution in [3.8, 4) is 5.75 Å². The van der Waals surface area contributed by atoms with Crippen LogP contribution < -0.4 is 5.32 Å². The van der Waals surface area contributed by atoms with Gasteiger partial charge in [0.1, 0.15) is 11.6 Å². The van der Waals surface area contributed by atoms with Crippen molar-refractivity contribution >= 4 is 11.3 Å². The van der Waals surface area contributed by atoms with Crippen molar-refractivity contribution in [3.63, 3.8) is 0 Å². The number of hydrogen-bond donors (Lipinski definition) is 2. The third-order valence-electron chi connectivity index (χ3n) is 3.61. The molecule has 106 valence electrons. The van der Waals surface area contributed by atoms with Crippen LogP contribution >= 0.6 is 11.3 Å². The monoisotopic (exact) mass is 292 g/mol. The van der Waals surface area contributed by atoms with E-state index in [1.54, 1.807) is 23.5 Å². The largest absolute Gasteiger partial charge is 0.508 e. The van der Waals surface area contributed by atoms with E-state index in [0.717, 1.165) is 31.1 Å². The SMILES string of the molecule is Oc1ccc([C@@H](c2cccs2)N2CCNCC2)c(F)c1. The minimum atomic E-state index is -0.345. The van der Waals surface area contributed by atoms with Crippen LogP contribution in [0.3, 0.4) is 0 Å². The molecule has 0 unspecified atom stereocenters. The summed E-state index contributed by atoms with van der Waals surface area (Å²) in [7, 11) is 0. The fourth-order valence-electron chi connectivity index (χ4n) is 2.65. The number of thiophene rings is 1. The highest BCUT2D eigenvalue weighted by molar-refractivity contribution is 7.10. The maximum absolute atomic E-state index is 14.2. The lowest BCUT2D eigenvalue weighted by Crippen LogP contribution is -2.45. The van der Waals surface area contributed by atoms with E-state index in [1.165, 1.54) is 6.07 Å². The highest BCUT2D eigenvalue weighted by Gasteiger charge is 2.27. The van der Waals surface area contributed by atoms with Gasteiger partial charge in [0.2, 0.25) is 0 Å². The van der Waals surface area contributed by atoms with Gasteiger partial charge in [-0.2, -0.15) is 0 Å². The van der Waals surface area contributed by atoms with Crippen LogP contribution in [0.4, 0.5) is 4.39 Å². The molecule has 1 aliphatic heterocycles. The van der Waals surface area contributed by atoms with Gasteiger partial charge in [-0.05, 0) is 17.5 Å². The smallest absolute Gasteiger partial charge is 0.132 e. The molecule has 0 amide bonds. The zero-order chi connectivity index (χ0) is 13.9. The van der Waals surface area contributed by atoms with Crippen molar-refractivity contribution in [1.82, 2.24) is 10.2 Å². The average Bonchev–Trinajstić information content (AvgIpc) is 2.97. The third kappa shape index (κ3) is 2.70. The van der Waals surface area contributed by atoms with Crippen LogP contribution in [-0.2, 0) is 0 Å². The highest BCUT2D eigenvalue weighted by atomic mass is 32.1. The van der Waals surface area contributed by atoms with Crippen molar-refractivity contribution in [3.05, 3.63) is 52.0 Å². The molecule has 2 N–H and O–H groups in total. The molecule has 0 radical (unpaired) electrons. The van der Waals surface area contributed by atoms with Gasteiger partial charge in [0.25, 0.3) is 0 Å². The van der Waals surface area contributed by atoms with Crippen molar-refractivity contribution in [1.29, 1.82) is 0 Å². The molecule has 20 heavy (non-hydrogen) atoms. The molecule has 2 heterocycles. The van der Waals surface area contributed by atoms with Crippen molar-refractivity contribution in [2.45, 2.75) is 6.04 Å². The molecule has 1 fully saturated rings. The minimum absolute atomic E-state index is 0.0310. The lowest BCUT2D eigenvalue weighted by atomic mass is 10.0. The Kier molecular flexibility index (Phi) is 4.00. The van der Waals surface area contributed by atoms with Gasteiger partial charge in [-0.25, -0.2) is 4.39 Å². The Labute approximate surface area is 121 Å². The zero-order valence-electron chi connectivity index (χ0n) is 11.1. The topological polar surface area (TPSA) is 35.5 Å². The molecule has 1 atom stereocenters. The minimum Gasteiger partial charge on any atom is -0.508 e. The van der Waals surface area contributed by atoms with Gasteiger partial charge in [-0.1, -0.05) is 12.1 Å². The summed E-state index contributed by atoms with van der Waals surface area (Å²) in [4.78, 5) is 3.43. The summed E-state index contributed by atoms with van der Waals surface area (Å²) in [6.07, 6.45) is 0. The van der Waals surface area contributed by atoms with Crippen LogP contribution in [-0.4, -0.2) is 36.2 Å². The molecule has 1 aromatic carbocycles. The second kappa shape index (κ2) is 5.91. The molecule has 0 bridgehead atoms. The maximum atomic E-state index is 14.2. The molecule has 1 saturated heterocycles. The number of rotatable bonds is 3. The van der Waals surface area contributed by atoms with Crippen LogP contribution in [0.1, 0.15) is 16.5 Å². The molecule has 0 spiro atoms. The first-order chi connectivity index (χ1) is 9.75. The van der Waals surface area contributed by atoms with E-state index in [4.69, 9.17) is 0 Å². The highest BCUT2D eigenvalue weighted by Crippen LogP contribution is 2.34. The third-order valence-corrected chi connectivity index (χ3v) is 4.53. The molecule has 0 aliphatic carbocycles. The van der Waals surface area contributed by atoms with Gasteiger partial charge in [0, 0.05) is 42.7 Å². The normalized spacial score (nSPS) is 18.1. The predicted octanol–water partition coefficient (Wildman–Crippen LogP) is 2.59. The number of hydrogen-bond acceptors (Lipinski definition) is 4. The van der Waals surface area contributed by atoms with E-state index in [9.17, 15) is 9.50 Å². The number of aromatic hydroxyl groups is 1. The molecule has 0 saturated carbocycles. The molecule has 5 heteroatoms. The van der Waals surface area contributed by atoms with Gasteiger partial charge in [0.05, 0.1) is 6.04 Å². The molecular weight excluding hydrogens is 275 g/mol. The van der Waals surface area contributed by atoms with Crippen molar-refractivity contribution in [2.75, 3.05) is 26.2 Å². The average molecular weight is 292 g/mol. The zero-order valence-corrected chi connectivity index (χ0v) is 11.9. The standard InChI is InChI=1S/C15H17FN2OS/c16-13-10-11(19)3-4-12(13)15(14-2-1-9-20-14)18-7-5-17-6-8-18/h1-4,9-10,15,17,19H,5-8H2/t15-/m0/s1. The summed E-state index contributed by atoms with van der Waals surface area (Å²) >= 11 is 1.64. The fraction of sp³-hybridized carbons (Fsp3) is 0.333. The van der Waals surface area contributed by atoms with Gasteiger partial charge >= 0.3 is 0 Å². The quantitative estimate of drug-likeness (QED) is 0.913. The molecular formula is C15H17FN2OS. The Bertz CT molecular complexity index is 567. The van der Waals surface area contributed by atoms with E-state index >= 15 is 0 Å². The number of piperazine rings is 1. The summed E-state index contributed by atoms with van der Waals surface area (Å²) in [5, 5.41) is 14.7. The number of nitrogens with zero attached hydrogens (tertiary/aromatic N) is 1. The van der Waals surface area contributed by atoms with E-state index in [1.807, 2.05) is 17.5 Å². The Morgan fingerprint density at radius 3 is 2.70 bits per heavy atom. The molecule has 3 rings (SSSR count). The summed E-state index contributed by atoms with van der Waals surface area (Å²) in [5.41, 5.74) is 0.632. The van der Waals surface area contributed by atoms with Gasteiger partial charge in [0.15, 0.2) is 0 Å². The van der Waals surface area contributed by atoms with Gasteiger partial charge < -0.3 is 10.4 Å². The summed E-state index contributed by atoms with van der Waals surface area (Å²) in [5.74, 6) is -0.376. The molecule has 2 aromatic rings. The number of phenols is 1. The second-order valence-electron chi connectivity index (χ2n) is 4.91. The first-order valence-electron chi connectivity index (χ1n) is 6.72. The van der Waals surface area contributed by atoms with Crippen molar-refractivity contribution < 1.29 is 9.50 Å². The lowest BCUT2D eigenvalue weighted by molar-refractivity contribution is 0.197. The molecule has 1 aliphatic rings. The predicted molar refractivity (Wildman–Crippen MR) is 78.7 cm³/mol. The first kappa shape index (κ1) is 13.5. The Morgan fingerprint density at radius 1 is 1.25 bits per heavy atom. The number of nitrogens with one attached hydrogen (secondary N) is 1. The van der Waals surface area contributed by atoms with Crippen LogP contribution in [0, 0.1) is 5.82 Å². The molecule has 1 aromatic heterocycles. The van der Waals surface area contributed by atoms with Gasteiger partial charge in [-0.15, -0.1) is 11.3 Å². The van der Waals surface area contributed by atoms with Gasteiger partial charge in [-0.3, -0.25) is 4.90 Å². The number of phenolic OH excluding ortho intramolecular Hbond substituents is 1. The first-order valence-corrected chi connectivity index (χ1v) is 7.60. The van der Waals surface area contributed by atoms with Crippen LogP contribution in [0.25, 0.3) is 0 Å².